The SMILES string of the molecule is Cc1cc(OC(F)F)c(C(=O)NC(C)CO)s1. The Bertz CT molecular complexity index is 395. The zero-order chi connectivity index (χ0) is 13.0. The molecule has 1 aromatic heterocycles. The number of amides is 1. The molecular formula is C10H13F2NO3S. The molecular weight excluding hydrogens is 252 g/mol. The molecule has 7 heteroatoms. The Labute approximate surface area is 101 Å². The highest BCUT2D eigenvalue weighted by Crippen LogP contribution is 2.30. The fourth-order valence-electron chi connectivity index (χ4n) is 1.17. The maximum atomic E-state index is 12.1. The quantitative estimate of drug-likeness (QED) is 0.853. The van der Waals surface area contributed by atoms with Crippen molar-refractivity contribution >= 4 is 17.2 Å². The monoisotopic (exact) mass is 265 g/mol. The van der Waals surface area contributed by atoms with Gasteiger partial charge in [-0.1, -0.05) is 0 Å². The molecule has 17 heavy (non-hydrogen) atoms. The van der Waals surface area contributed by atoms with Crippen molar-refractivity contribution in [3.63, 3.8) is 0 Å². The maximum absolute atomic E-state index is 12.1. The smallest absolute Gasteiger partial charge is 0.387 e. The lowest BCUT2D eigenvalue weighted by atomic mass is 10.3. The van der Waals surface area contributed by atoms with Gasteiger partial charge in [0.15, 0.2) is 0 Å². The van der Waals surface area contributed by atoms with Crippen LogP contribution in [0.1, 0.15) is 21.5 Å². The van der Waals surface area contributed by atoms with Crippen LogP contribution in [0.3, 0.4) is 0 Å². The number of aliphatic hydroxyl groups is 1. The second-order valence-electron chi connectivity index (χ2n) is 3.49. The highest BCUT2D eigenvalue weighted by molar-refractivity contribution is 7.14. The van der Waals surface area contributed by atoms with Crippen LogP contribution >= 0.6 is 11.3 Å². The number of ether oxygens (including phenoxy) is 1. The van der Waals surface area contributed by atoms with Crippen LogP contribution in [0.5, 0.6) is 5.75 Å². The molecule has 0 radical (unpaired) electrons. The minimum absolute atomic E-state index is 0.0862. The second kappa shape index (κ2) is 5.92. The van der Waals surface area contributed by atoms with E-state index >= 15 is 0 Å². The average Bonchev–Trinajstić information content (AvgIpc) is 2.58. The molecule has 1 atom stereocenters. The first-order valence-electron chi connectivity index (χ1n) is 4.91. The Kier molecular flexibility index (Phi) is 4.83. The second-order valence-corrected chi connectivity index (χ2v) is 4.74. The summed E-state index contributed by atoms with van der Waals surface area (Å²) in [5.74, 6) is -0.662. The third-order valence-electron chi connectivity index (χ3n) is 1.89. The maximum Gasteiger partial charge on any atom is 0.387 e. The molecule has 2 N–H and O–H groups in total. The normalized spacial score (nSPS) is 12.6. The van der Waals surface area contributed by atoms with Crippen LogP contribution in [0.4, 0.5) is 8.78 Å². The molecule has 0 aliphatic rings. The first kappa shape index (κ1) is 13.9. The van der Waals surface area contributed by atoms with Crippen LogP contribution < -0.4 is 10.1 Å². The van der Waals surface area contributed by atoms with Gasteiger partial charge in [-0.05, 0) is 19.9 Å². The van der Waals surface area contributed by atoms with Gasteiger partial charge in [0.25, 0.3) is 5.91 Å². The Morgan fingerprint density at radius 1 is 1.65 bits per heavy atom. The fourth-order valence-corrected chi connectivity index (χ4v) is 2.01. The Hall–Kier alpha value is -1.21. The molecule has 0 aliphatic heterocycles. The van der Waals surface area contributed by atoms with Crippen LogP contribution in [-0.2, 0) is 0 Å². The summed E-state index contributed by atoms with van der Waals surface area (Å²) in [6, 6.07) is 0.944. The number of carbonyl (C=O) groups is 1. The Morgan fingerprint density at radius 2 is 2.29 bits per heavy atom. The highest BCUT2D eigenvalue weighted by atomic mass is 32.1. The van der Waals surface area contributed by atoms with E-state index in [-0.39, 0.29) is 17.2 Å². The molecule has 4 nitrogen and oxygen atoms in total. The molecule has 0 bridgehead atoms. The predicted molar refractivity (Wildman–Crippen MR) is 59.7 cm³/mol. The summed E-state index contributed by atoms with van der Waals surface area (Å²) >= 11 is 1.06. The van der Waals surface area contributed by atoms with E-state index in [4.69, 9.17) is 5.11 Å². The van der Waals surface area contributed by atoms with Crippen LogP contribution in [0.2, 0.25) is 0 Å². The number of hydrogen-bond acceptors (Lipinski definition) is 4. The summed E-state index contributed by atoms with van der Waals surface area (Å²) in [6.45, 7) is 0.105. The molecule has 1 heterocycles. The van der Waals surface area contributed by atoms with Crippen LogP contribution in [-0.4, -0.2) is 30.3 Å². The van der Waals surface area contributed by atoms with E-state index in [1.807, 2.05) is 0 Å². The molecule has 0 fully saturated rings. The third-order valence-corrected chi connectivity index (χ3v) is 2.93. The molecule has 0 spiro atoms. The number of halogens is 2. The van der Waals surface area contributed by atoms with E-state index in [1.54, 1.807) is 13.8 Å². The Morgan fingerprint density at radius 3 is 2.82 bits per heavy atom. The molecule has 0 saturated heterocycles. The van der Waals surface area contributed by atoms with Crippen LogP contribution in [0, 0.1) is 6.92 Å². The lowest BCUT2D eigenvalue weighted by Gasteiger charge is -2.10. The molecule has 0 aliphatic carbocycles. The van der Waals surface area contributed by atoms with E-state index < -0.39 is 18.6 Å². The summed E-state index contributed by atoms with van der Waals surface area (Å²) in [6.07, 6.45) is 0. The first-order valence-corrected chi connectivity index (χ1v) is 5.72. The van der Waals surface area contributed by atoms with Crippen molar-refractivity contribution in [1.82, 2.24) is 5.32 Å². The molecule has 96 valence electrons. The number of hydrogen-bond donors (Lipinski definition) is 2. The number of aliphatic hydroxyl groups excluding tert-OH is 1. The minimum atomic E-state index is -2.97. The van der Waals surface area contributed by atoms with E-state index in [0.717, 1.165) is 11.3 Å². The number of nitrogens with one attached hydrogen (secondary N) is 1. The molecule has 1 aromatic rings. The zero-order valence-corrected chi connectivity index (χ0v) is 10.2. The summed E-state index contributed by atoms with van der Waals surface area (Å²) in [5, 5.41) is 11.3. The van der Waals surface area contributed by atoms with E-state index in [2.05, 4.69) is 10.1 Å². The molecule has 1 unspecified atom stereocenters. The van der Waals surface area contributed by atoms with Crippen molar-refractivity contribution in [2.24, 2.45) is 0 Å². The fraction of sp³-hybridized carbons (Fsp3) is 0.500. The summed E-state index contributed by atoms with van der Waals surface area (Å²) < 4.78 is 28.5. The van der Waals surface area contributed by atoms with Crippen molar-refractivity contribution in [2.45, 2.75) is 26.5 Å². The van der Waals surface area contributed by atoms with Gasteiger partial charge in [0.2, 0.25) is 0 Å². The van der Waals surface area contributed by atoms with E-state index in [1.165, 1.54) is 6.07 Å². The topological polar surface area (TPSA) is 58.6 Å². The van der Waals surface area contributed by atoms with Crippen LogP contribution in [0.25, 0.3) is 0 Å². The largest absolute Gasteiger partial charge is 0.433 e. The summed E-state index contributed by atoms with van der Waals surface area (Å²) in [5.41, 5.74) is 0. The lowest BCUT2D eigenvalue weighted by Crippen LogP contribution is -2.34. The molecule has 1 rings (SSSR count). The van der Waals surface area contributed by atoms with Gasteiger partial charge in [0.1, 0.15) is 10.6 Å². The molecule has 1 amide bonds. The standard InChI is InChI=1S/C10H13F2NO3S/c1-5(4-14)13-9(15)8-7(16-10(11)12)3-6(2)17-8/h3,5,10,14H,4H2,1-2H3,(H,13,15). The number of rotatable bonds is 5. The van der Waals surface area contributed by atoms with E-state index in [9.17, 15) is 13.6 Å². The molecule has 0 aromatic carbocycles. The van der Waals surface area contributed by atoms with Crippen molar-refractivity contribution < 1.29 is 23.4 Å². The van der Waals surface area contributed by atoms with Crippen molar-refractivity contribution in [3.8, 4) is 5.75 Å². The van der Waals surface area contributed by atoms with E-state index in [0.29, 0.717) is 4.88 Å². The third kappa shape index (κ3) is 3.94. The lowest BCUT2D eigenvalue weighted by molar-refractivity contribution is -0.0498. The number of alkyl halides is 2. The predicted octanol–water partition coefficient (Wildman–Crippen LogP) is 1.77. The minimum Gasteiger partial charge on any atom is -0.433 e. The van der Waals surface area contributed by atoms with Gasteiger partial charge in [-0.3, -0.25) is 4.79 Å². The van der Waals surface area contributed by atoms with Gasteiger partial charge in [-0.2, -0.15) is 8.78 Å². The van der Waals surface area contributed by atoms with Gasteiger partial charge < -0.3 is 15.2 Å². The molecule has 0 saturated carbocycles. The van der Waals surface area contributed by atoms with Crippen molar-refractivity contribution in [2.75, 3.05) is 6.61 Å². The van der Waals surface area contributed by atoms with Gasteiger partial charge >= 0.3 is 6.61 Å². The highest BCUT2D eigenvalue weighted by Gasteiger charge is 2.20. The van der Waals surface area contributed by atoms with Gasteiger partial charge in [-0.15, -0.1) is 11.3 Å². The van der Waals surface area contributed by atoms with Crippen molar-refractivity contribution in [1.29, 1.82) is 0 Å². The van der Waals surface area contributed by atoms with Crippen LogP contribution in [0.15, 0.2) is 6.07 Å². The Balaban J connectivity index is 2.84. The summed E-state index contributed by atoms with van der Waals surface area (Å²) in [4.78, 5) is 12.5. The first-order chi connectivity index (χ1) is 7.93. The number of aryl methyl sites for hydroxylation is 1. The van der Waals surface area contributed by atoms with Gasteiger partial charge in [0, 0.05) is 10.9 Å². The van der Waals surface area contributed by atoms with Gasteiger partial charge in [-0.25, -0.2) is 0 Å². The summed E-state index contributed by atoms with van der Waals surface area (Å²) in [7, 11) is 0. The van der Waals surface area contributed by atoms with Gasteiger partial charge in [0.05, 0.1) is 6.61 Å². The zero-order valence-electron chi connectivity index (χ0n) is 9.37. The van der Waals surface area contributed by atoms with Crippen molar-refractivity contribution in [3.05, 3.63) is 15.8 Å². The average molecular weight is 265 g/mol. The number of thiophene rings is 1. The number of carbonyl (C=O) groups excluding carboxylic acids is 1.